The van der Waals surface area contributed by atoms with Gasteiger partial charge in [0.05, 0.1) is 6.54 Å². The van der Waals surface area contributed by atoms with Crippen LogP contribution in [0.15, 0.2) is 0 Å². The second kappa shape index (κ2) is 6.08. The van der Waals surface area contributed by atoms with E-state index in [4.69, 9.17) is 0 Å². The summed E-state index contributed by atoms with van der Waals surface area (Å²) < 4.78 is 0. The van der Waals surface area contributed by atoms with Gasteiger partial charge in [0.1, 0.15) is 0 Å². The molecule has 5 rings (SSSR count). The zero-order valence-corrected chi connectivity index (χ0v) is 14.0. The second-order valence-electron chi connectivity index (χ2n) is 8.54. The third kappa shape index (κ3) is 3.39. The maximum atomic E-state index is 12.3. The Morgan fingerprint density at radius 3 is 2.04 bits per heavy atom. The lowest BCUT2D eigenvalue weighted by Gasteiger charge is -2.56. The number of carbonyl (C=O) groups is 2. The Bertz CT molecular complexity index is 449. The largest absolute Gasteiger partial charge is 0.332 e. The van der Waals surface area contributed by atoms with E-state index in [0.717, 1.165) is 62.9 Å². The minimum Gasteiger partial charge on any atom is -0.332 e. The average Bonchev–Trinajstić information content (AvgIpc) is 2.45. The summed E-state index contributed by atoms with van der Waals surface area (Å²) in [6.45, 7) is 2.31. The molecule has 23 heavy (non-hydrogen) atoms. The molecule has 4 aliphatic carbocycles. The molecule has 128 valence electrons. The maximum absolute atomic E-state index is 12.3. The molecule has 5 heteroatoms. The van der Waals surface area contributed by atoms with E-state index >= 15 is 0 Å². The monoisotopic (exact) mass is 319 g/mol. The van der Waals surface area contributed by atoms with Gasteiger partial charge in [-0.15, -0.1) is 0 Å². The molecule has 4 bridgehead atoms. The molecule has 0 atom stereocenters. The van der Waals surface area contributed by atoms with Gasteiger partial charge in [0.15, 0.2) is 0 Å². The molecule has 0 aromatic carbocycles. The number of imide groups is 1. The van der Waals surface area contributed by atoms with E-state index < -0.39 is 0 Å². The topological polar surface area (TPSA) is 61.4 Å². The van der Waals surface area contributed by atoms with Gasteiger partial charge in [-0.2, -0.15) is 0 Å². The normalized spacial score (nSPS) is 39.2. The molecule has 2 N–H and O–H groups in total. The molecular weight excluding hydrogens is 290 g/mol. The van der Waals surface area contributed by atoms with E-state index in [1.165, 1.54) is 25.7 Å². The van der Waals surface area contributed by atoms with Crippen molar-refractivity contribution in [3.63, 3.8) is 0 Å². The van der Waals surface area contributed by atoms with Crippen LogP contribution in [-0.4, -0.2) is 42.0 Å². The number of urea groups is 1. The molecule has 5 fully saturated rings. The number of hydrogen-bond donors (Lipinski definition) is 2. The summed E-state index contributed by atoms with van der Waals surface area (Å²) in [6, 6.07) is -0.269. The number of likely N-dealkylation sites (tertiary alicyclic amines) is 1. The van der Waals surface area contributed by atoms with Gasteiger partial charge in [0, 0.05) is 5.54 Å². The van der Waals surface area contributed by atoms with Crippen molar-refractivity contribution in [2.24, 2.45) is 17.8 Å². The van der Waals surface area contributed by atoms with Crippen molar-refractivity contribution < 1.29 is 9.59 Å². The van der Waals surface area contributed by atoms with E-state index in [1.807, 2.05) is 0 Å². The molecule has 1 heterocycles. The predicted molar refractivity (Wildman–Crippen MR) is 87.9 cm³/mol. The standard InChI is InChI=1S/C18H29N3O2/c22-16(12-21-4-2-1-3-5-21)19-17(23)20-18-9-13-6-14(10-18)8-15(7-13)11-18/h13-15H,1-12H2,(H2,19,20,22,23). The van der Waals surface area contributed by atoms with Crippen molar-refractivity contribution in [3.05, 3.63) is 0 Å². The molecule has 5 aliphatic rings. The fraction of sp³-hybridized carbons (Fsp3) is 0.889. The molecule has 3 amide bonds. The van der Waals surface area contributed by atoms with Gasteiger partial charge in [-0.25, -0.2) is 4.79 Å². The van der Waals surface area contributed by atoms with Gasteiger partial charge < -0.3 is 5.32 Å². The van der Waals surface area contributed by atoms with Crippen LogP contribution in [0.1, 0.15) is 57.8 Å². The number of piperidine rings is 1. The summed E-state index contributed by atoms with van der Waals surface area (Å²) in [7, 11) is 0. The molecule has 5 nitrogen and oxygen atoms in total. The first-order valence-corrected chi connectivity index (χ1v) is 9.45. The highest BCUT2D eigenvalue weighted by Gasteiger charge is 2.51. The SMILES string of the molecule is O=C(CN1CCCCC1)NC(=O)NC12CC3CC(CC(C3)C1)C2. The molecule has 0 unspecified atom stereocenters. The summed E-state index contributed by atoms with van der Waals surface area (Å²) in [6.07, 6.45) is 11.0. The lowest BCUT2D eigenvalue weighted by molar-refractivity contribution is -0.121. The zero-order chi connectivity index (χ0) is 15.9. The number of nitrogens with one attached hydrogen (secondary N) is 2. The van der Waals surface area contributed by atoms with Gasteiger partial charge in [-0.1, -0.05) is 6.42 Å². The number of rotatable bonds is 3. The smallest absolute Gasteiger partial charge is 0.321 e. The van der Waals surface area contributed by atoms with Crippen molar-refractivity contribution in [1.29, 1.82) is 0 Å². The lowest BCUT2D eigenvalue weighted by atomic mass is 9.53. The van der Waals surface area contributed by atoms with Crippen LogP contribution in [0.2, 0.25) is 0 Å². The van der Waals surface area contributed by atoms with Crippen LogP contribution in [-0.2, 0) is 4.79 Å². The fourth-order valence-electron chi connectivity index (χ4n) is 6.02. The highest BCUT2D eigenvalue weighted by Crippen LogP contribution is 2.55. The maximum Gasteiger partial charge on any atom is 0.321 e. The highest BCUT2D eigenvalue weighted by molar-refractivity contribution is 5.95. The minimum atomic E-state index is -0.269. The summed E-state index contributed by atoms with van der Waals surface area (Å²) in [4.78, 5) is 26.6. The first-order chi connectivity index (χ1) is 11.1. The molecule has 1 saturated heterocycles. The van der Waals surface area contributed by atoms with Crippen LogP contribution >= 0.6 is 0 Å². The molecule has 0 aromatic rings. The van der Waals surface area contributed by atoms with Crippen LogP contribution in [0.4, 0.5) is 4.79 Å². The Morgan fingerprint density at radius 1 is 0.913 bits per heavy atom. The van der Waals surface area contributed by atoms with Gasteiger partial charge in [-0.05, 0) is 82.2 Å². The minimum absolute atomic E-state index is 0.0236. The van der Waals surface area contributed by atoms with E-state index in [1.54, 1.807) is 0 Å². The molecule has 0 spiro atoms. The first-order valence-electron chi connectivity index (χ1n) is 9.45. The Labute approximate surface area is 138 Å². The summed E-state index contributed by atoms with van der Waals surface area (Å²) in [5.74, 6) is 2.23. The third-order valence-electron chi connectivity index (χ3n) is 6.49. The van der Waals surface area contributed by atoms with Crippen molar-refractivity contribution >= 4 is 11.9 Å². The molecule has 1 aliphatic heterocycles. The van der Waals surface area contributed by atoms with E-state index in [0.29, 0.717) is 6.54 Å². The average molecular weight is 319 g/mol. The van der Waals surface area contributed by atoms with Crippen LogP contribution in [0.3, 0.4) is 0 Å². The Morgan fingerprint density at radius 2 is 1.48 bits per heavy atom. The molecule has 0 radical (unpaired) electrons. The van der Waals surface area contributed by atoms with Gasteiger partial charge in [0.2, 0.25) is 5.91 Å². The Kier molecular flexibility index (Phi) is 4.08. The van der Waals surface area contributed by atoms with E-state index in [9.17, 15) is 9.59 Å². The molecule has 4 saturated carbocycles. The van der Waals surface area contributed by atoms with Gasteiger partial charge in [0.25, 0.3) is 0 Å². The van der Waals surface area contributed by atoms with Gasteiger partial charge >= 0.3 is 6.03 Å². The van der Waals surface area contributed by atoms with Crippen LogP contribution in [0.5, 0.6) is 0 Å². The predicted octanol–water partition coefficient (Wildman–Crippen LogP) is 2.27. The van der Waals surface area contributed by atoms with E-state index in [-0.39, 0.29) is 17.5 Å². The zero-order valence-electron chi connectivity index (χ0n) is 14.0. The summed E-state index contributed by atoms with van der Waals surface area (Å²) in [5.41, 5.74) is -0.0236. The first kappa shape index (κ1) is 15.4. The third-order valence-corrected chi connectivity index (χ3v) is 6.49. The molecular formula is C18H29N3O2. The van der Waals surface area contributed by atoms with Crippen LogP contribution in [0, 0.1) is 17.8 Å². The quantitative estimate of drug-likeness (QED) is 0.839. The van der Waals surface area contributed by atoms with E-state index in [2.05, 4.69) is 15.5 Å². The number of hydrogen-bond acceptors (Lipinski definition) is 3. The van der Waals surface area contributed by atoms with Crippen molar-refractivity contribution in [2.75, 3.05) is 19.6 Å². The summed E-state index contributed by atoms with van der Waals surface area (Å²) in [5, 5.41) is 5.77. The summed E-state index contributed by atoms with van der Waals surface area (Å²) >= 11 is 0. The van der Waals surface area contributed by atoms with Crippen molar-refractivity contribution in [1.82, 2.24) is 15.5 Å². The number of amides is 3. The van der Waals surface area contributed by atoms with Crippen LogP contribution in [0.25, 0.3) is 0 Å². The van der Waals surface area contributed by atoms with Crippen molar-refractivity contribution in [2.45, 2.75) is 63.3 Å². The van der Waals surface area contributed by atoms with Gasteiger partial charge in [-0.3, -0.25) is 15.0 Å². The van der Waals surface area contributed by atoms with Crippen LogP contribution < -0.4 is 10.6 Å². The fourth-order valence-corrected chi connectivity index (χ4v) is 6.02. The molecule has 0 aromatic heterocycles. The number of carbonyl (C=O) groups excluding carboxylic acids is 2. The lowest BCUT2D eigenvalue weighted by Crippen LogP contribution is -2.62. The van der Waals surface area contributed by atoms with Crippen molar-refractivity contribution in [3.8, 4) is 0 Å². The second-order valence-corrected chi connectivity index (χ2v) is 8.54. The Hall–Kier alpha value is -1.10. The Balaban J connectivity index is 1.29. The number of nitrogens with zero attached hydrogens (tertiary/aromatic N) is 1. The highest BCUT2D eigenvalue weighted by atomic mass is 16.2.